The summed E-state index contributed by atoms with van der Waals surface area (Å²) in [7, 11) is 0. The molecule has 0 bridgehead atoms. The Hall–Kier alpha value is -0.250. The van der Waals surface area contributed by atoms with Crippen LogP contribution in [0.25, 0.3) is 0 Å². The molecule has 2 heteroatoms. The standard InChI is InChI=1S/C9H10IN/c10-8-3-1-2-4-9(8)11-7-5-6-7/h1-4,7,11H,5-6H2. The van der Waals surface area contributed by atoms with Crippen LogP contribution in [0.5, 0.6) is 0 Å². The molecule has 0 atom stereocenters. The maximum Gasteiger partial charge on any atom is 0.0478 e. The van der Waals surface area contributed by atoms with E-state index in [4.69, 9.17) is 0 Å². The van der Waals surface area contributed by atoms with Gasteiger partial charge in [0, 0.05) is 15.3 Å². The number of nitrogens with one attached hydrogen (secondary N) is 1. The zero-order valence-corrected chi connectivity index (χ0v) is 8.34. The topological polar surface area (TPSA) is 12.0 Å². The summed E-state index contributed by atoms with van der Waals surface area (Å²) in [5.74, 6) is 0. The van der Waals surface area contributed by atoms with Gasteiger partial charge in [-0.1, -0.05) is 12.1 Å². The molecule has 1 saturated carbocycles. The lowest BCUT2D eigenvalue weighted by molar-refractivity contribution is 1.15. The zero-order chi connectivity index (χ0) is 7.68. The van der Waals surface area contributed by atoms with Crippen molar-refractivity contribution >= 4 is 28.3 Å². The van der Waals surface area contributed by atoms with Gasteiger partial charge in [-0.3, -0.25) is 0 Å². The van der Waals surface area contributed by atoms with Crippen LogP contribution in [0.4, 0.5) is 5.69 Å². The van der Waals surface area contributed by atoms with Gasteiger partial charge in [-0.25, -0.2) is 0 Å². The summed E-state index contributed by atoms with van der Waals surface area (Å²) >= 11 is 2.36. The summed E-state index contributed by atoms with van der Waals surface area (Å²) in [6.45, 7) is 0. The minimum Gasteiger partial charge on any atom is -0.381 e. The molecular weight excluding hydrogens is 249 g/mol. The molecule has 1 aromatic carbocycles. The van der Waals surface area contributed by atoms with Crippen molar-refractivity contribution in [2.45, 2.75) is 18.9 Å². The lowest BCUT2D eigenvalue weighted by Crippen LogP contribution is -2.01. The van der Waals surface area contributed by atoms with Crippen molar-refractivity contribution < 1.29 is 0 Å². The quantitative estimate of drug-likeness (QED) is 0.805. The molecule has 0 saturated heterocycles. The molecule has 0 heterocycles. The largest absolute Gasteiger partial charge is 0.381 e. The van der Waals surface area contributed by atoms with E-state index in [9.17, 15) is 0 Å². The van der Waals surface area contributed by atoms with Crippen LogP contribution < -0.4 is 5.32 Å². The first-order chi connectivity index (χ1) is 5.36. The number of anilines is 1. The molecule has 1 N–H and O–H groups in total. The van der Waals surface area contributed by atoms with Gasteiger partial charge in [-0.05, 0) is 47.6 Å². The number of hydrogen-bond acceptors (Lipinski definition) is 1. The van der Waals surface area contributed by atoms with Gasteiger partial charge in [0.05, 0.1) is 0 Å². The van der Waals surface area contributed by atoms with Crippen LogP contribution in [-0.2, 0) is 0 Å². The summed E-state index contributed by atoms with van der Waals surface area (Å²) in [6.07, 6.45) is 2.68. The third kappa shape index (κ3) is 1.86. The fourth-order valence-electron chi connectivity index (χ4n) is 1.03. The van der Waals surface area contributed by atoms with E-state index in [-0.39, 0.29) is 0 Å². The normalized spacial score (nSPS) is 16.5. The highest BCUT2D eigenvalue weighted by molar-refractivity contribution is 14.1. The van der Waals surface area contributed by atoms with Gasteiger partial charge in [0.2, 0.25) is 0 Å². The minimum absolute atomic E-state index is 0.755. The number of halogens is 1. The summed E-state index contributed by atoms with van der Waals surface area (Å²) in [4.78, 5) is 0. The second-order valence-electron chi connectivity index (χ2n) is 2.90. The highest BCUT2D eigenvalue weighted by atomic mass is 127. The molecule has 58 valence electrons. The molecule has 0 unspecified atom stereocenters. The second-order valence-corrected chi connectivity index (χ2v) is 4.06. The van der Waals surface area contributed by atoms with Gasteiger partial charge < -0.3 is 5.32 Å². The maximum atomic E-state index is 3.48. The first-order valence-electron chi connectivity index (χ1n) is 3.87. The van der Waals surface area contributed by atoms with Crippen molar-refractivity contribution in [1.29, 1.82) is 0 Å². The average Bonchev–Trinajstić information content (AvgIpc) is 2.78. The molecule has 1 aliphatic carbocycles. The van der Waals surface area contributed by atoms with Crippen molar-refractivity contribution in [2.75, 3.05) is 5.32 Å². The molecule has 1 fully saturated rings. The van der Waals surface area contributed by atoms with E-state index < -0.39 is 0 Å². The molecule has 2 rings (SSSR count). The molecular formula is C9H10IN. The van der Waals surface area contributed by atoms with E-state index in [0.717, 1.165) is 6.04 Å². The zero-order valence-electron chi connectivity index (χ0n) is 6.18. The van der Waals surface area contributed by atoms with Crippen LogP contribution in [0.1, 0.15) is 12.8 Å². The van der Waals surface area contributed by atoms with Crippen LogP contribution in [-0.4, -0.2) is 6.04 Å². The van der Waals surface area contributed by atoms with Gasteiger partial charge in [0.1, 0.15) is 0 Å². The molecule has 1 aliphatic rings. The van der Waals surface area contributed by atoms with Crippen molar-refractivity contribution in [3.63, 3.8) is 0 Å². The molecule has 11 heavy (non-hydrogen) atoms. The van der Waals surface area contributed by atoms with Crippen molar-refractivity contribution in [1.82, 2.24) is 0 Å². The van der Waals surface area contributed by atoms with Gasteiger partial charge >= 0.3 is 0 Å². The van der Waals surface area contributed by atoms with Gasteiger partial charge in [0.25, 0.3) is 0 Å². The van der Waals surface area contributed by atoms with Gasteiger partial charge in [-0.2, -0.15) is 0 Å². The minimum atomic E-state index is 0.755. The van der Waals surface area contributed by atoms with E-state index in [2.05, 4.69) is 52.2 Å². The Morgan fingerprint density at radius 2 is 2.00 bits per heavy atom. The Kier molecular flexibility index (Phi) is 2.02. The third-order valence-electron chi connectivity index (χ3n) is 1.81. The number of rotatable bonds is 2. The molecule has 0 radical (unpaired) electrons. The SMILES string of the molecule is Ic1ccccc1NC1CC1. The summed E-state index contributed by atoms with van der Waals surface area (Å²) < 4.78 is 1.32. The highest BCUT2D eigenvalue weighted by Gasteiger charge is 2.21. The lowest BCUT2D eigenvalue weighted by atomic mass is 10.3. The summed E-state index contributed by atoms with van der Waals surface area (Å²) in [6, 6.07) is 9.17. The first-order valence-corrected chi connectivity index (χ1v) is 4.95. The molecule has 1 aromatic rings. The maximum absolute atomic E-state index is 3.48. The Labute approximate surface area is 80.3 Å². The van der Waals surface area contributed by atoms with Crippen LogP contribution in [0.15, 0.2) is 24.3 Å². The Morgan fingerprint density at radius 3 is 2.64 bits per heavy atom. The average molecular weight is 259 g/mol. The smallest absolute Gasteiger partial charge is 0.0478 e. The van der Waals surface area contributed by atoms with E-state index in [1.54, 1.807) is 0 Å². The molecule has 0 aromatic heterocycles. The van der Waals surface area contributed by atoms with Crippen molar-refractivity contribution in [3.05, 3.63) is 27.8 Å². The third-order valence-corrected chi connectivity index (χ3v) is 2.75. The van der Waals surface area contributed by atoms with E-state index in [1.807, 2.05) is 0 Å². The number of benzene rings is 1. The van der Waals surface area contributed by atoms with E-state index in [1.165, 1.54) is 22.1 Å². The fourth-order valence-corrected chi connectivity index (χ4v) is 1.57. The van der Waals surface area contributed by atoms with Gasteiger partial charge in [0.15, 0.2) is 0 Å². The molecule has 0 amide bonds. The summed E-state index contributed by atoms with van der Waals surface area (Å²) in [5, 5.41) is 3.48. The van der Waals surface area contributed by atoms with E-state index in [0.29, 0.717) is 0 Å². The molecule has 1 nitrogen and oxygen atoms in total. The molecule has 0 aliphatic heterocycles. The Morgan fingerprint density at radius 1 is 1.27 bits per heavy atom. The van der Waals surface area contributed by atoms with Crippen LogP contribution in [0.2, 0.25) is 0 Å². The Bertz CT molecular complexity index is 255. The second kappa shape index (κ2) is 3.01. The van der Waals surface area contributed by atoms with E-state index >= 15 is 0 Å². The van der Waals surface area contributed by atoms with Gasteiger partial charge in [-0.15, -0.1) is 0 Å². The predicted octanol–water partition coefficient (Wildman–Crippen LogP) is 2.87. The van der Waals surface area contributed by atoms with Crippen molar-refractivity contribution in [2.24, 2.45) is 0 Å². The van der Waals surface area contributed by atoms with Crippen LogP contribution in [0.3, 0.4) is 0 Å². The number of hydrogen-bond donors (Lipinski definition) is 1. The van der Waals surface area contributed by atoms with Crippen LogP contribution in [0, 0.1) is 3.57 Å². The lowest BCUT2D eigenvalue weighted by Gasteiger charge is -2.05. The number of para-hydroxylation sites is 1. The van der Waals surface area contributed by atoms with Crippen LogP contribution >= 0.6 is 22.6 Å². The molecule has 0 spiro atoms. The highest BCUT2D eigenvalue weighted by Crippen LogP contribution is 2.27. The first kappa shape index (κ1) is 7.40. The monoisotopic (exact) mass is 259 g/mol. The Balaban J connectivity index is 2.15. The van der Waals surface area contributed by atoms with Crippen molar-refractivity contribution in [3.8, 4) is 0 Å². The summed E-state index contributed by atoms with van der Waals surface area (Å²) in [5.41, 5.74) is 1.29. The fraction of sp³-hybridized carbons (Fsp3) is 0.333. The predicted molar refractivity (Wildman–Crippen MR) is 55.8 cm³/mol.